The molecule has 3 N–H and O–H groups in total. The van der Waals surface area contributed by atoms with E-state index in [1.54, 1.807) is 31.3 Å². The largest absolute Gasteiger partial charge is 0.507 e. The number of aromatic amines is 1. The first-order valence-corrected chi connectivity index (χ1v) is 10.1. The highest BCUT2D eigenvalue weighted by molar-refractivity contribution is 6.30. The number of hydrogen-bond donors (Lipinski definition) is 3. The maximum Gasteiger partial charge on any atom is 0.348 e. The van der Waals surface area contributed by atoms with Crippen molar-refractivity contribution < 1.29 is 19.4 Å². The summed E-state index contributed by atoms with van der Waals surface area (Å²) in [6.07, 6.45) is 0. The van der Waals surface area contributed by atoms with Gasteiger partial charge in [0.2, 0.25) is 0 Å². The summed E-state index contributed by atoms with van der Waals surface area (Å²) in [5.74, 6) is -2.27. The second-order valence-electron chi connectivity index (χ2n) is 7.32. The quantitative estimate of drug-likeness (QED) is 0.413. The molecule has 8 nitrogen and oxygen atoms in total. The molecule has 0 radical (unpaired) electrons. The second kappa shape index (κ2) is 8.79. The lowest BCUT2D eigenvalue weighted by atomic mass is 10.1. The predicted molar refractivity (Wildman–Crippen MR) is 120 cm³/mol. The highest BCUT2D eigenvalue weighted by atomic mass is 35.5. The van der Waals surface area contributed by atoms with Crippen molar-refractivity contribution in [2.75, 3.05) is 7.05 Å². The van der Waals surface area contributed by atoms with E-state index in [0.717, 1.165) is 16.2 Å². The van der Waals surface area contributed by atoms with E-state index < -0.39 is 28.9 Å². The zero-order valence-corrected chi connectivity index (χ0v) is 18.0. The van der Waals surface area contributed by atoms with E-state index >= 15 is 0 Å². The van der Waals surface area contributed by atoms with Crippen molar-refractivity contribution in [3.05, 3.63) is 93.1 Å². The first kappa shape index (κ1) is 22.1. The molecule has 0 spiro atoms. The van der Waals surface area contributed by atoms with Gasteiger partial charge < -0.3 is 15.1 Å². The summed E-state index contributed by atoms with van der Waals surface area (Å²) in [7, 11) is 1.54. The third kappa shape index (κ3) is 4.31. The summed E-state index contributed by atoms with van der Waals surface area (Å²) < 4.78 is 15.3. The highest BCUT2D eigenvalue weighted by Crippen LogP contribution is 2.35. The standard InChI is InChI=1S/C23H18ClFN4O4/c1-28(12-13-5-4-6-14(24)9-13)22(32)16-10-15(19(30)11-20(16)31)21-26-27-23(33)29(21)18-8-3-2-7-17(18)25/h2-11,30-31H,12H2,1H3,(H,27,33). The van der Waals surface area contributed by atoms with Crippen LogP contribution in [-0.2, 0) is 6.54 Å². The maximum absolute atomic E-state index is 14.4. The number of aromatic hydroxyl groups is 2. The topological polar surface area (TPSA) is 111 Å². The van der Waals surface area contributed by atoms with E-state index in [1.165, 1.54) is 35.2 Å². The van der Waals surface area contributed by atoms with Gasteiger partial charge in [-0.25, -0.2) is 18.9 Å². The number of carbonyl (C=O) groups is 1. The van der Waals surface area contributed by atoms with Crippen molar-refractivity contribution in [3.8, 4) is 28.6 Å². The number of phenols is 2. The van der Waals surface area contributed by atoms with Crippen LogP contribution in [0.15, 0.2) is 65.5 Å². The van der Waals surface area contributed by atoms with Gasteiger partial charge in [0.15, 0.2) is 5.82 Å². The molecule has 0 atom stereocenters. The van der Waals surface area contributed by atoms with Crippen LogP contribution in [0, 0.1) is 5.82 Å². The normalized spacial score (nSPS) is 10.9. The smallest absolute Gasteiger partial charge is 0.348 e. The number of H-pyrrole nitrogens is 1. The van der Waals surface area contributed by atoms with E-state index in [2.05, 4.69) is 10.2 Å². The third-order valence-corrected chi connectivity index (χ3v) is 5.24. The second-order valence-corrected chi connectivity index (χ2v) is 7.75. The maximum atomic E-state index is 14.4. The molecule has 4 rings (SSSR count). The number of nitrogens with one attached hydrogen (secondary N) is 1. The fraction of sp³-hybridized carbons (Fsp3) is 0.0870. The zero-order valence-electron chi connectivity index (χ0n) is 17.3. The fourth-order valence-corrected chi connectivity index (χ4v) is 3.66. The van der Waals surface area contributed by atoms with Gasteiger partial charge in [-0.3, -0.25) is 4.79 Å². The van der Waals surface area contributed by atoms with Crippen LogP contribution >= 0.6 is 11.6 Å². The predicted octanol–water partition coefficient (Wildman–Crippen LogP) is 3.70. The van der Waals surface area contributed by atoms with Gasteiger partial charge in [0, 0.05) is 24.7 Å². The van der Waals surface area contributed by atoms with Crippen LogP contribution in [0.5, 0.6) is 11.5 Å². The highest BCUT2D eigenvalue weighted by Gasteiger charge is 2.23. The Kier molecular flexibility index (Phi) is 5.89. The lowest BCUT2D eigenvalue weighted by molar-refractivity contribution is 0.0782. The van der Waals surface area contributed by atoms with Crippen molar-refractivity contribution in [2.24, 2.45) is 0 Å². The molecule has 1 aromatic heterocycles. The minimum atomic E-state index is -0.742. The van der Waals surface area contributed by atoms with Crippen molar-refractivity contribution in [2.45, 2.75) is 6.54 Å². The summed E-state index contributed by atoms with van der Waals surface area (Å²) in [5, 5.41) is 27.4. The molecule has 0 fully saturated rings. The van der Waals surface area contributed by atoms with Crippen LogP contribution in [0.2, 0.25) is 5.02 Å². The molecular weight excluding hydrogens is 451 g/mol. The Morgan fingerprint density at radius 2 is 1.88 bits per heavy atom. The molecule has 0 bridgehead atoms. The number of amides is 1. The number of hydrogen-bond acceptors (Lipinski definition) is 5. The Morgan fingerprint density at radius 1 is 1.12 bits per heavy atom. The van der Waals surface area contributed by atoms with Crippen LogP contribution in [0.1, 0.15) is 15.9 Å². The molecule has 0 unspecified atom stereocenters. The van der Waals surface area contributed by atoms with Gasteiger partial charge in [-0.1, -0.05) is 35.9 Å². The van der Waals surface area contributed by atoms with Gasteiger partial charge in [-0.15, -0.1) is 0 Å². The molecule has 168 valence electrons. The summed E-state index contributed by atoms with van der Waals surface area (Å²) in [4.78, 5) is 26.8. The van der Waals surface area contributed by atoms with Gasteiger partial charge >= 0.3 is 5.69 Å². The Labute approximate surface area is 192 Å². The van der Waals surface area contributed by atoms with Crippen molar-refractivity contribution in [3.63, 3.8) is 0 Å². The Bertz CT molecular complexity index is 1420. The van der Waals surface area contributed by atoms with Crippen LogP contribution < -0.4 is 5.69 Å². The number of nitrogens with zero attached hydrogens (tertiary/aromatic N) is 3. The van der Waals surface area contributed by atoms with Crippen LogP contribution in [0.3, 0.4) is 0 Å². The van der Waals surface area contributed by atoms with Gasteiger partial charge in [-0.05, 0) is 35.9 Å². The summed E-state index contributed by atoms with van der Waals surface area (Å²) in [6.45, 7) is 0.206. The van der Waals surface area contributed by atoms with Crippen LogP contribution in [0.25, 0.3) is 17.1 Å². The Morgan fingerprint density at radius 3 is 2.61 bits per heavy atom. The minimum absolute atomic E-state index is 0.0473. The van der Waals surface area contributed by atoms with Crippen molar-refractivity contribution >= 4 is 17.5 Å². The summed E-state index contributed by atoms with van der Waals surface area (Å²) in [5.41, 5.74) is -0.243. The first-order chi connectivity index (χ1) is 15.8. The molecule has 1 amide bonds. The summed E-state index contributed by atoms with van der Waals surface area (Å²) >= 11 is 6.00. The van der Waals surface area contributed by atoms with E-state index in [9.17, 15) is 24.2 Å². The van der Waals surface area contributed by atoms with Gasteiger partial charge in [-0.2, -0.15) is 5.10 Å². The molecule has 1 heterocycles. The lowest BCUT2D eigenvalue weighted by Crippen LogP contribution is -2.26. The van der Waals surface area contributed by atoms with E-state index in [-0.39, 0.29) is 29.2 Å². The molecule has 0 aliphatic carbocycles. The molecule has 0 aliphatic heterocycles. The van der Waals surface area contributed by atoms with E-state index in [1.807, 2.05) is 0 Å². The van der Waals surface area contributed by atoms with Crippen LogP contribution in [0.4, 0.5) is 4.39 Å². The molecule has 33 heavy (non-hydrogen) atoms. The average Bonchev–Trinajstić information content (AvgIpc) is 3.14. The monoisotopic (exact) mass is 468 g/mol. The molecule has 0 saturated heterocycles. The SMILES string of the molecule is CN(Cc1cccc(Cl)c1)C(=O)c1cc(-c2n[nH]c(=O)n2-c2ccccc2F)c(O)cc1O. The molecule has 0 saturated carbocycles. The van der Waals surface area contributed by atoms with Gasteiger partial charge in [0.1, 0.15) is 17.3 Å². The average molecular weight is 469 g/mol. The van der Waals surface area contributed by atoms with Gasteiger partial charge in [0.05, 0.1) is 16.8 Å². The number of carbonyl (C=O) groups excluding carboxylic acids is 1. The van der Waals surface area contributed by atoms with E-state index in [4.69, 9.17) is 11.6 Å². The molecule has 10 heteroatoms. The lowest BCUT2D eigenvalue weighted by Gasteiger charge is -2.19. The Balaban J connectivity index is 1.76. The third-order valence-electron chi connectivity index (χ3n) is 5.01. The minimum Gasteiger partial charge on any atom is -0.507 e. The summed E-state index contributed by atoms with van der Waals surface area (Å²) in [6, 6.07) is 14.7. The molecule has 4 aromatic rings. The number of halogens is 2. The number of aromatic nitrogens is 3. The molecular formula is C23H18ClFN4O4. The first-order valence-electron chi connectivity index (χ1n) is 9.75. The van der Waals surface area contributed by atoms with E-state index in [0.29, 0.717) is 5.02 Å². The number of para-hydroxylation sites is 1. The van der Waals surface area contributed by atoms with Crippen LogP contribution in [-0.4, -0.2) is 42.8 Å². The zero-order chi connectivity index (χ0) is 23.7. The van der Waals surface area contributed by atoms with Crippen molar-refractivity contribution in [1.29, 1.82) is 0 Å². The molecule has 0 aliphatic rings. The molecule has 3 aromatic carbocycles. The van der Waals surface area contributed by atoms with Crippen molar-refractivity contribution in [1.82, 2.24) is 19.7 Å². The fourth-order valence-electron chi connectivity index (χ4n) is 3.45. The van der Waals surface area contributed by atoms with Gasteiger partial charge in [0.25, 0.3) is 5.91 Å². The Hall–Kier alpha value is -4.11. The number of phenolic OH excluding ortho intramolecular Hbond substituents is 2. The number of benzene rings is 3. The number of rotatable bonds is 5.